The third-order valence-corrected chi connectivity index (χ3v) is 6.27. The molecule has 2 aromatic carbocycles. The van der Waals surface area contributed by atoms with Crippen molar-refractivity contribution in [3.8, 4) is 0 Å². The van der Waals surface area contributed by atoms with E-state index in [0.29, 0.717) is 17.0 Å². The van der Waals surface area contributed by atoms with E-state index in [1.165, 1.54) is 0 Å². The fourth-order valence-electron chi connectivity index (χ4n) is 4.21. The number of hydrogen-bond acceptors (Lipinski definition) is 6. The fourth-order valence-corrected chi connectivity index (χ4v) is 4.21. The number of guanidine groups is 2. The summed E-state index contributed by atoms with van der Waals surface area (Å²) in [5.41, 5.74) is 26.6. The van der Waals surface area contributed by atoms with Crippen molar-refractivity contribution >= 4 is 34.9 Å². The van der Waals surface area contributed by atoms with Gasteiger partial charge in [-0.2, -0.15) is 10.2 Å². The molecule has 1 unspecified atom stereocenters. The standard InChI is InChI=1S/C27H36N10O/c1-16(19-11-13-20(14-12-19)17(2)34-36-26(28)29)32-23-9-4-5-10-24(23)33-25(38)22-8-6-7-21(15-22)18(3)35-37-27(30)31/h6-8,11-15,23-24,32H,1,4-5,9-10H2,2-3H3,(H,33,38)(H4,28,29,36)(H4,30,31,37)/b34-17+,35-18+/t23?,24-/m1/s1. The van der Waals surface area contributed by atoms with Crippen LogP contribution in [0.3, 0.4) is 0 Å². The Morgan fingerprint density at radius 3 is 1.82 bits per heavy atom. The van der Waals surface area contributed by atoms with Crippen LogP contribution in [0.2, 0.25) is 0 Å². The van der Waals surface area contributed by atoms with Gasteiger partial charge in [-0.05, 0) is 55.5 Å². The second kappa shape index (κ2) is 13.0. The molecular weight excluding hydrogens is 480 g/mol. The summed E-state index contributed by atoms with van der Waals surface area (Å²) in [5, 5.41) is 22.1. The number of rotatable bonds is 9. The Morgan fingerprint density at radius 1 is 0.737 bits per heavy atom. The first-order chi connectivity index (χ1) is 18.1. The van der Waals surface area contributed by atoms with Crippen molar-refractivity contribution < 1.29 is 4.79 Å². The third kappa shape index (κ3) is 7.92. The van der Waals surface area contributed by atoms with Gasteiger partial charge in [0.1, 0.15) is 0 Å². The van der Waals surface area contributed by atoms with Crippen LogP contribution in [0, 0.1) is 0 Å². The zero-order valence-corrected chi connectivity index (χ0v) is 21.8. The maximum atomic E-state index is 13.1. The molecule has 0 heterocycles. The summed E-state index contributed by atoms with van der Waals surface area (Å²) in [4.78, 5) is 13.1. The molecule has 1 aliphatic carbocycles. The molecule has 2 atom stereocenters. The minimum absolute atomic E-state index is 0.0405. The average Bonchev–Trinajstić information content (AvgIpc) is 2.91. The first kappa shape index (κ1) is 27.9. The van der Waals surface area contributed by atoms with Gasteiger partial charge < -0.3 is 33.6 Å². The van der Waals surface area contributed by atoms with Gasteiger partial charge in [-0.1, -0.05) is 55.8 Å². The number of nitrogens with zero attached hydrogens (tertiary/aromatic N) is 4. The summed E-state index contributed by atoms with van der Waals surface area (Å²) in [6.45, 7) is 7.84. The predicted octanol–water partition coefficient (Wildman–Crippen LogP) is 1.98. The molecule has 0 spiro atoms. The Hall–Kier alpha value is -4.67. The Labute approximate surface area is 222 Å². The average molecular weight is 517 g/mol. The van der Waals surface area contributed by atoms with E-state index < -0.39 is 0 Å². The molecule has 1 saturated carbocycles. The van der Waals surface area contributed by atoms with Crippen LogP contribution in [0.4, 0.5) is 0 Å². The SMILES string of the molecule is C=C(NC1CCCC[C@H]1NC(=O)c1cccc(/C(C)=N/N=C(N)N)c1)c1ccc(/C(C)=N/N=C(N)N)cc1. The molecule has 0 bridgehead atoms. The highest BCUT2D eigenvalue weighted by Crippen LogP contribution is 2.22. The second-order valence-corrected chi connectivity index (χ2v) is 9.17. The topological polar surface area (TPSA) is 195 Å². The molecule has 0 radical (unpaired) electrons. The highest BCUT2D eigenvalue weighted by atomic mass is 16.1. The minimum atomic E-state index is -0.148. The van der Waals surface area contributed by atoms with E-state index in [-0.39, 0.29) is 29.9 Å². The molecule has 11 nitrogen and oxygen atoms in total. The van der Waals surface area contributed by atoms with Gasteiger partial charge in [0.15, 0.2) is 0 Å². The summed E-state index contributed by atoms with van der Waals surface area (Å²) in [5.74, 6) is -0.365. The molecule has 1 aliphatic rings. The lowest BCUT2D eigenvalue weighted by atomic mass is 9.89. The minimum Gasteiger partial charge on any atom is -0.380 e. The van der Waals surface area contributed by atoms with Crippen LogP contribution < -0.4 is 33.6 Å². The molecule has 1 fully saturated rings. The first-order valence-electron chi connectivity index (χ1n) is 12.4. The number of hydrogen-bond donors (Lipinski definition) is 6. The van der Waals surface area contributed by atoms with E-state index in [1.807, 2.05) is 43.3 Å². The van der Waals surface area contributed by atoms with Gasteiger partial charge in [0.05, 0.1) is 11.4 Å². The van der Waals surface area contributed by atoms with Crippen LogP contribution in [0.1, 0.15) is 66.6 Å². The molecule has 2 aromatic rings. The van der Waals surface area contributed by atoms with Crippen LogP contribution in [0.15, 0.2) is 75.5 Å². The Kier molecular flexibility index (Phi) is 9.58. The highest BCUT2D eigenvalue weighted by Gasteiger charge is 2.27. The molecule has 11 heteroatoms. The van der Waals surface area contributed by atoms with Crippen LogP contribution >= 0.6 is 0 Å². The number of carbonyl (C=O) groups is 1. The second-order valence-electron chi connectivity index (χ2n) is 9.17. The van der Waals surface area contributed by atoms with Crippen LogP contribution in [0.5, 0.6) is 0 Å². The van der Waals surface area contributed by atoms with E-state index >= 15 is 0 Å². The number of nitrogens with one attached hydrogen (secondary N) is 2. The lowest BCUT2D eigenvalue weighted by Crippen LogP contribution is -2.51. The lowest BCUT2D eigenvalue weighted by Gasteiger charge is -2.34. The molecule has 38 heavy (non-hydrogen) atoms. The van der Waals surface area contributed by atoms with Crippen molar-refractivity contribution in [1.29, 1.82) is 0 Å². The molecule has 0 aliphatic heterocycles. The lowest BCUT2D eigenvalue weighted by molar-refractivity contribution is 0.0918. The molecule has 3 rings (SSSR count). The van der Waals surface area contributed by atoms with Gasteiger partial charge in [-0.15, -0.1) is 10.2 Å². The van der Waals surface area contributed by atoms with Crippen molar-refractivity contribution in [2.24, 2.45) is 43.3 Å². The third-order valence-electron chi connectivity index (χ3n) is 6.27. The molecular formula is C27H36N10O. The maximum absolute atomic E-state index is 13.1. The first-order valence-corrected chi connectivity index (χ1v) is 12.4. The molecule has 10 N–H and O–H groups in total. The zero-order valence-electron chi connectivity index (χ0n) is 21.8. The fraction of sp³-hybridized carbons (Fsp3) is 0.296. The molecule has 0 saturated heterocycles. The Balaban J connectivity index is 1.67. The van der Waals surface area contributed by atoms with Crippen molar-refractivity contribution in [3.05, 3.63) is 77.4 Å². The molecule has 200 valence electrons. The summed E-state index contributed by atoms with van der Waals surface area (Å²) in [6, 6.07) is 15.0. The molecule has 1 amide bonds. The van der Waals surface area contributed by atoms with Crippen LogP contribution in [-0.4, -0.2) is 41.3 Å². The van der Waals surface area contributed by atoms with Crippen molar-refractivity contribution in [2.45, 2.75) is 51.6 Å². The summed E-state index contributed by atoms with van der Waals surface area (Å²) >= 11 is 0. The van der Waals surface area contributed by atoms with E-state index in [9.17, 15) is 4.79 Å². The Bertz CT molecular complexity index is 1270. The van der Waals surface area contributed by atoms with Gasteiger partial charge in [-0.3, -0.25) is 4.79 Å². The summed E-state index contributed by atoms with van der Waals surface area (Å²) in [6.07, 6.45) is 3.92. The van der Waals surface area contributed by atoms with Crippen LogP contribution in [-0.2, 0) is 0 Å². The van der Waals surface area contributed by atoms with Gasteiger partial charge >= 0.3 is 0 Å². The Morgan fingerprint density at radius 2 is 1.24 bits per heavy atom. The van der Waals surface area contributed by atoms with Crippen molar-refractivity contribution in [2.75, 3.05) is 0 Å². The summed E-state index contributed by atoms with van der Waals surface area (Å²) in [7, 11) is 0. The van der Waals surface area contributed by atoms with Crippen LogP contribution in [0.25, 0.3) is 5.70 Å². The van der Waals surface area contributed by atoms with E-state index in [4.69, 9.17) is 22.9 Å². The van der Waals surface area contributed by atoms with Crippen molar-refractivity contribution in [1.82, 2.24) is 10.6 Å². The maximum Gasteiger partial charge on any atom is 0.251 e. The van der Waals surface area contributed by atoms with Crippen molar-refractivity contribution in [3.63, 3.8) is 0 Å². The summed E-state index contributed by atoms with van der Waals surface area (Å²) < 4.78 is 0. The normalized spacial score (nSPS) is 17.7. The van der Waals surface area contributed by atoms with E-state index in [0.717, 1.165) is 48.1 Å². The monoisotopic (exact) mass is 516 g/mol. The predicted molar refractivity (Wildman–Crippen MR) is 155 cm³/mol. The number of carbonyl (C=O) groups excluding carboxylic acids is 1. The number of amides is 1. The van der Waals surface area contributed by atoms with E-state index in [2.05, 4.69) is 37.6 Å². The number of benzene rings is 2. The van der Waals surface area contributed by atoms with Gasteiger partial charge in [-0.25, -0.2) is 0 Å². The van der Waals surface area contributed by atoms with Gasteiger partial charge in [0, 0.05) is 23.3 Å². The zero-order chi connectivity index (χ0) is 27.7. The van der Waals surface area contributed by atoms with Gasteiger partial charge in [0.2, 0.25) is 11.9 Å². The van der Waals surface area contributed by atoms with Gasteiger partial charge in [0.25, 0.3) is 5.91 Å². The smallest absolute Gasteiger partial charge is 0.251 e. The largest absolute Gasteiger partial charge is 0.380 e. The quantitative estimate of drug-likeness (QED) is 0.167. The number of nitrogens with two attached hydrogens (primary N) is 4. The van der Waals surface area contributed by atoms with E-state index in [1.54, 1.807) is 19.1 Å². The highest BCUT2D eigenvalue weighted by molar-refractivity contribution is 6.02. The molecule has 0 aromatic heterocycles.